The third kappa shape index (κ3) is 4.93. The Labute approximate surface area is 191 Å². The van der Waals surface area contributed by atoms with Crippen LogP contribution < -0.4 is 15.2 Å². The van der Waals surface area contributed by atoms with Crippen LogP contribution >= 0.6 is 0 Å². The second kappa shape index (κ2) is 9.91. The number of carbonyl (C=O) groups excluding carboxylic acids is 2. The van der Waals surface area contributed by atoms with E-state index in [4.69, 9.17) is 15.2 Å². The number of nitrogens with two attached hydrogens (primary N) is 1. The number of nitrogens with zero attached hydrogens (tertiary/aromatic N) is 3. The number of H-pyrrole nitrogens is 1. The summed E-state index contributed by atoms with van der Waals surface area (Å²) in [6.07, 6.45) is 5.99. The van der Waals surface area contributed by atoms with Gasteiger partial charge >= 0.3 is 0 Å². The molecule has 172 valence electrons. The summed E-state index contributed by atoms with van der Waals surface area (Å²) in [5, 5.41) is 13.6. The van der Waals surface area contributed by atoms with Crippen molar-refractivity contribution < 1.29 is 19.1 Å². The van der Waals surface area contributed by atoms with E-state index in [2.05, 4.69) is 27.5 Å². The lowest BCUT2D eigenvalue weighted by Gasteiger charge is -2.33. The van der Waals surface area contributed by atoms with Crippen LogP contribution in [0.1, 0.15) is 77.6 Å². The van der Waals surface area contributed by atoms with Crippen molar-refractivity contribution in [1.29, 1.82) is 0 Å². The molecule has 0 fully saturated rings. The van der Waals surface area contributed by atoms with Gasteiger partial charge in [-0.2, -0.15) is 5.21 Å². The molecule has 3 N–H and O–H groups in total. The average Bonchev–Trinajstić information content (AvgIpc) is 3.39. The van der Waals surface area contributed by atoms with Crippen LogP contribution in [0.5, 0.6) is 11.5 Å². The van der Waals surface area contributed by atoms with Crippen LogP contribution in [0.3, 0.4) is 0 Å². The maximum atomic E-state index is 13.3. The van der Waals surface area contributed by atoms with E-state index in [1.165, 1.54) is 12.8 Å². The molecular formula is C24H27N5O4. The van der Waals surface area contributed by atoms with Crippen molar-refractivity contribution >= 4 is 11.6 Å². The van der Waals surface area contributed by atoms with E-state index in [0.29, 0.717) is 28.9 Å². The molecule has 0 amide bonds. The van der Waals surface area contributed by atoms with E-state index in [1.54, 1.807) is 42.5 Å². The van der Waals surface area contributed by atoms with Crippen molar-refractivity contribution in [2.75, 3.05) is 6.61 Å². The summed E-state index contributed by atoms with van der Waals surface area (Å²) in [5.41, 5.74) is 6.13. The zero-order chi connectivity index (χ0) is 23.3. The molecule has 9 heteroatoms. The fraction of sp³-hybridized carbons (Fsp3) is 0.375. The lowest BCUT2D eigenvalue weighted by molar-refractivity contribution is -0.0154. The molecule has 1 aromatic heterocycles. The number of hydrogen-bond acceptors (Lipinski definition) is 8. The maximum absolute atomic E-state index is 13.3. The topological polar surface area (TPSA) is 133 Å². The molecule has 2 aromatic carbocycles. The normalized spacial score (nSPS) is 17.0. The van der Waals surface area contributed by atoms with Gasteiger partial charge in [0.25, 0.3) is 5.72 Å². The molecule has 2 heterocycles. The molecule has 1 atom stereocenters. The number of unbranched alkanes of at least 4 members (excludes halogenated alkanes) is 4. The summed E-state index contributed by atoms with van der Waals surface area (Å²) in [4.78, 5) is 25.7. The Bertz CT molecular complexity index is 1110. The van der Waals surface area contributed by atoms with Crippen molar-refractivity contribution in [2.45, 2.75) is 51.2 Å². The average molecular weight is 450 g/mol. The molecule has 4 rings (SSSR count). The Morgan fingerprint density at radius 1 is 1.06 bits per heavy atom. The minimum absolute atomic E-state index is 0.0353. The van der Waals surface area contributed by atoms with Gasteiger partial charge in [-0.3, -0.25) is 15.3 Å². The number of para-hydroxylation sites is 1. The monoisotopic (exact) mass is 449 g/mol. The molecule has 0 spiro atoms. The number of ketones is 2. The van der Waals surface area contributed by atoms with Crippen LogP contribution in [0.25, 0.3) is 0 Å². The van der Waals surface area contributed by atoms with Gasteiger partial charge in [0.2, 0.25) is 5.82 Å². The van der Waals surface area contributed by atoms with E-state index in [9.17, 15) is 9.59 Å². The second-order valence-electron chi connectivity index (χ2n) is 8.14. The molecule has 0 aliphatic carbocycles. The van der Waals surface area contributed by atoms with Gasteiger partial charge in [0.1, 0.15) is 6.61 Å². The fourth-order valence-electron chi connectivity index (χ4n) is 3.76. The van der Waals surface area contributed by atoms with Crippen molar-refractivity contribution in [2.24, 2.45) is 5.73 Å². The Balaban J connectivity index is 1.49. The first kappa shape index (κ1) is 22.6. The lowest BCUT2D eigenvalue weighted by atomic mass is 9.98. The first-order chi connectivity index (χ1) is 16.0. The molecule has 9 nitrogen and oxygen atoms in total. The molecule has 1 aliphatic rings. The number of aromatic amines is 1. The number of aromatic nitrogens is 4. The highest BCUT2D eigenvalue weighted by atomic mass is 16.6. The third-order valence-corrected chi connectivity index (χ3v) is 5.65. The largest absolute Gasteiger partial charge is 0.483 e. The van der Waals surface area contributed by atoms with Gasteiger partial charge < -0.3 is 9.47 Å². The van der Waals surface area contributed by atoms with Crippen LogP contribution in [0.2, 0.25) is 0 Å². The lowest BCUT2D eigenvalue weighted by Crippen LogP contribution is -2.51. The number of carbonyl (C=O) groups is 2. The van der Waals surface area contributed by atoms with Gasteiger partial charge in [-0.05, 0) is 23.8 Å². The number of nitrogens with one attached hydrogen (secondary N) is 1. The number of benzene rings is 2. The molecule has 33 heavy (non-hydrogen) atoms. The number of Topliss-reactive ketones (excluding diaryl/α,β-unsaturated/α-hetero) is 1. The standard InChI is InChI=1S/C24H27N5O4/c1-2-3-4-5-6-9-19(30)16-11-13-17(14-12-16)21(31)18-8-7-10-20-22(18)33-24(25,15-32-20)23-26-28-29-27-23/h7-8,10-14H,2-6,9,15,25H2,1H3,(H,26,27,28,29). The fourth-order valence-corrected chi connectivity index (χ4v) is 3.76. The minimum Gasteiger partial charge on any atom is -0.483 e. The molecule has 1 aliphatic heterocycles. The molecule has 0 saturated carbocycles. The molecule has 0 saturated heterocycles. The van der Waals surface area contributed by atoms with Crippen LogP contribution in [0, 0.1) is 0 Å². The van der Waals surface area contributed by atoms with E-state index in [-0.39, 0.29) is 29.7 Å². The van der Waals surface area contributed by atoms with Crippen molar-refractivity contribution in [3.05, 3.63) is 65.0 Å². The zero-order valence-corrected chi connectivity index (χ0v) is 18.5. The van der Waals surface area contributed by atoms with Gasteiger partial charge in [-0.1, -0.05) is 62.9 Å². The van der Waals surface area contributed by atoms with Crippen LogP contribution in [0.15, 0.2) is 42.5 Å². The van der Waals surface area contributed by atoms with Gasteiger partial charge in [0.05, 0.1) is 5.56 Å². The van der Waals surface area contributed by atoms with Gasteiger partial charge in [0, 0.05) is 17.5 Å². The first-order valence-corrected chi connectivity index (χ1v) is 11.2. The Morgan fingerprint density at radius 2 is 1.82 bits per heavy atom. The Hall–Kier alpha value is -3.59. The molecule has 3 aromatic rings. The van der Waals surface area contributed by atoms with E-state index in [0.717, 1.165) is 19.3 Å². The number of rotatable bonds is 10. The predicted octanol–water partition coefficient (Wildman–Crippen LogP) is 3.56. The molecule has 0 radical (unpaired) electrons. The summed E-state index contributed by atoms with van der Waals surface area (Å²) in [5.74, 6) is 0.556. The number of fused-ring (bicyclic) bond motifs is 1. The first-order valence-electron chi connectivity index (χ1n) is 11.2. The van der Waals surface area contributed by atoms with E-state index < -0.39 is 5.72 Å². The SMILES string of the molecule is CCCCCCCC(=O)c1ccc(C(=O)c2cccc3c2OC(N)(c2nn[nH]n2)CO3)cc1. The number of ether oxygens (including phenoxy) is 2. The highest BCUT2D eigenvalue weighted by Gasteiger charge is 2.41. The van der Waals surface area contributed by atoms with Crippen LogP contribution in [-0.2, 0) is 5.72 Å². The quantitative estimate of drug-likeness (QED) is 0.355. The van der Waals surface area contributed by atoms with Gasteiger partial charge in [-0.15, -0.1) is 10.2 Å². The van der Waals surface area contributed by atoms with Gasteiger partial charge in [-0.25, -0.2) is 0 Å². The minimum atomic E-state index is -1.48. The van der Waals surface area contributed by atoms with Crippen molar-refractivity contribution in [3.8, 4) is 11.5 Å². The highest BCUT2D eigenvalue weighted by molar-refractivity contribution is 6.11. The maximum Gasteiger partial charge on any atom is 0.257 e. The highest BCUT2D eigenvalue weighted by Crippen LogP contribution is 2.40. The zero-order valence-electron chi connectivity index (χ0n) is 18.5. The van der Waals surface area contributed by atoms with E-state index in [1.807, 2.05) is 0 Å². The predicted molar refractivity (Wildman–Crippen MR) is 120 cm³/mol. The molecule has 0 bridgehead atoms. The summed E-state index contributed by atoms with van der Waals surface area (Å²) < 4.78 is 11.7. The smallest absolute Gasteiger partial charge is 0.257 e. The van der Waals surface area contributed by atoms with Crippen LogP contribution in [-0.4, -0.2) is 38.8 Å². The molecular weight excluding hydrogens is 422 g/mol. The Kier molecular flexibility index (Phi) is 6.79. The van der Waals surface area contributed by atoms with Crippen molar-refractivity contribution in [1.82, 2.24) is 20.6 Å². The van der Waals surface area contributed by atoms with Crippen molar-refractivity contribution in [3.63, 3.8) is 0 Å². The molecule has 1 unspecified atom stereocenters. The third-order valence-electron chi connectivity index (χ3n) is 5.65. The van der Waals surface area contributed by atoms with Crippen LogP contribution in [0.4, 0.5) is 0 Å². The van der Waals surface area contributed by atoms with Gasteiger partial charge in [0.15, 0.2) is 23.1 Å². The summed E-state index contributed by atoms with van der Waals surface area (Å²) >= 11 is 0. The summed E-state index contributed by atoms with van der Waals surface area (Å²) in [6.45, 7) is 2.13. The summed E-state index contributed by atoms with van der Waals surface area (Å²) in [6, 6.07) is 11.8. The Morgan fingerprint density at radius 3 is 2.55 bits per heavy atom. The second-order valence-corrected chi connectivity index (χ2v) is 8.14. The number of tetrazole rings is 1. The summed E-state index contributed by atoms with van der Waals surface area (Å²) in [7, 11) is 0. The number of hydrogen-bond donors (Lipinski definition) is 2. The van der Waals surface area contributed by atoms with E-state index >= 15 is 0 Å².